The zero-order valence-corrected chi connectivity index (χ0v) is 8.49. The molecule has 1 aromatic carbocycles. The molecular weight excluding hydrogens is 176 g/mol. The SMILES string of the molecule is CC1(C)CC(=O)O[C@@H]1c1ccccc1. The van der Waals surface area contributed by atoms with Crippen LogP contribution in [0.3, 0.4) is 0 Å². The molecule has 0 amide bonds. The predicted octanol–water partition coefficient (Wildman–Crippen LogP) is 2.70. The van der Waals surface area contributed by atoms with Gasteiger partial charge in [0.2, 0.25) is 0 Å². The lowest BCUT2D eigenvalue weighted by Crippen LogP contribution is -2.16. The molecule has 0 aliphatic carbocycles. The number of ether oxygens (including phenoxy) is 1. The predicted molar refractivity (Wildman–Crippen MR) is 53.7 cm³/mol. The van der Waals surface area contributed by atoms with Crippen molar-refractivity contribution in [2.75, 3.05) is 0 Å². The lowest BCUT2D eigenvalue weighted by Gasteiger charge is -2.23. The molecule has 2 heteroatoms. The number of rotatable bonds is 1. The van der Waals surface area contributed by atoms with Crippen molar-refractivity contribution in [1.82, 2.24) is 0 Å². The van der Waals surface area contributed by atoms with E-state index >= 15 is 0 Å². The molecule has 0 unspecified atom stereocenters. The first-order valence-electron chi connectivity index (χ1n) is 4.84. The number of cyclic esters (lactones) is 1. The van der Waals surface area contributed by atoms with Gasteiger partial charge in [-0.3, -0.25) is 4.79 Å². The number of hydrogen-bond donors (Lipinski definition) is 0. The summed E-state index contributed by atoms with van der Waals surface area (Å²) in [6.07, 6.45) is 0.420. The van der Waals surface area contributed by atoms with Crippen LogP contribution in [0.5, 0.6) is 0 Å². The molecule has 0 spiro atoms. The Kier molecular flexibility index (Phi) is 2.06. The van der Waals surface area contributed by atoms with Crippen molar-refractivity contribution >= 4 is 5.97 Å². The summed E-state index contributed by atoms with van der Waals surface area (Å²) in [5.41, 5.74) is 1.00. The van der Waals surface area contributed by atoms with Gasteiger partial charge in [0.25, 0.3) is 0 Å². The van der Waals surface area contributed by atoms with Gasteiger partial charge in [0.15, 0.2) is 0 Å². The van der Waals surface area contributed by atoms with Gasteiger partial charge in [0.1, 0.15) is 6.10 Å². The molecule has 1 heterocycles. The maximum Gasteiger partial charge on any atom is 0.307 e. The van der Waals surface area contributed by atoms with E-state index in [1.807, 2.05) is 30.3 Å². The van der Waals surface area contributed by atoms with Crippen LogP contribution in [0.2, 0.25) is 0 Å². The third-order valence-corrected chi connectivity index (χ3v) is 2.66. The highest BCUT2D eigenvalue weighted by Gasteiger charge is 2.42. The lowest BCUT2D eigenvalue weighted by molar-refractivity contribution is -0.142. The summed E-state index contributed by atoms with van der Waals surface area (Å²) < 4.78 is 5.32. The van der Waals surface area contributed by atoms with Gasteiger partial charge < -0.3 is 4.74 Å². The Balaban J connectivity index is 2.32. The molecule has 0 aromatic heterocycles. The molecule has 0 bridgehead atoms. The first-order valence-corrected chi connectivity index (χ1v) is 4.84. The van der Waals surface area contributed by atoms with E-state index in [4.69, 9.17) is 4.74 Å². The van der Waals surface area contributed by atoms with Gasteiger partial charge in [-0.2, -0.15) is 0 Å². The minimum Gasteiger partial charge on any atom is -0.457 e. The fourth-order valence-electron chi connectivity index (χ4n) is 1.94. The number of esters is 1. The van der Waals surface area contributed by atoms with Gasteiger partial charge in [-0.1, -0.05) is 44.2 Å². The van der Waals surface area contributed by atoms with Crippen LogP contribution in [0.25, 0.3) is 0 Å². The van der Waals surface area contributed by atoms with Crippen molar-refractivity contribution in [2.24, 2.45) is 5.41 Å². The largest absolute Gasteiger partial charge is 0.457 e. The highest BCUT2D eigenvalue weighted by Crippen LogP contribution is 2.44. The normalized spacial score (nSPS) is 24.7. The summed E-state index contributed by atoms with van der Waals surface area (Å²) in [5, 5.41) is 0. The van der Waals surface area contributed by atoms with E-state index in [-0.39, 0.29) is 17.5 Å². The summed E-state index contributed by atoms with van der Waals surface area (Å²) in [4.78, 5) is 11.2. The van der Waals surface area contributed by atoms with E-state index in [1.54, 1.807) is 0 Å². The fraction of sp³-hybridized carbons (Fsp3) is 0.417. The number of carbonyl (C=O) groups excluding carboxylic acids is 1. The van der Waals surface area contributed by atoms with Crippen molar-refractivity contribution in [1.29, 1.82) is 0 Å². The van der Waals surface area contributed by atoms with Crippen LogP contribution in [0.15, 0.2) is 30.3 Å². The molecule has 1 aliphatic rings. The van der Waals surface area contributed by atoms with Crippen LogP contribution in [0.4, 0.5) is 0 Å². The van der Waals surface area contributed by atoms with E-state index < -0.39 is 0 Å². The van der Waals surface area contributed by atoms with Crippen molar-refractivity contribution in [3.8, 4) is 0 Å². The van der Waals surface area contributed by atoms with Crippen LogP contribution in [-0.2, 0) is 9.53 Å². The molecule has 2 nitrogen and oxygen atoms in total. The Bertz CT molecular complexity index is 341. The summed E-state index contributed by atoms with van der Waals surface area (Å²) in [5.74, 6) is -0.0937. The van der Waals surface area contributed by atoms with Crippen LogP contribution in [-0.4, -0.2) is 5.97 Å². The Labute approximate surface area is 83.9 Å². The van der Waals surface area contributed by atoms with Crippen LogP contribution >= 0.6 is 0 Å². The van der Waals surface area contributed by atoms with Gasteiger partial charge in [-0.15, -0.1) is 0 Å². The molecule has 1 atom stereocenters. The Morgan fingerprint density at radius 3 is 2.43 bits per heavy atom. The van der Waals surface area contributed by atoms with Crippen molar-refractivity contribution in [3.05, 3.63) is 35.9 Å². The molecule has 0 saturated carbocycles. The summed E-state index contributed by atoms with van der Waals surface area (Å²) in [7, 11) is 0. The molecular formula is C12H14O2. The molecule has 14 heavy (non-hydrogen) atoms. The van der Waals surface area contributed by atoms with Crippen LogP contribution in [0, 0.1) is 5.41 Å². The maximum absolute atomic E-state index is 11.2. The van der Waals surface area contributed by atoms with E-state index in [0.29, 0.717) is 6.42 Å². The maximum atomic E-state index is 11.2. The first-order chi connectivity index (χ1) is 6.59. The number of benzene rings is 1. The van der Waals surface area contributed by atoms with Crippen molar-refractivity contribution < 1.29 is 9.53 Å². The van der Waals surface area contributed by atoms with Gasteiger partial charge >= 0.3 is 5.97 Å². The number of carbonyl (C=O) groups is 1. The zero-order valence-electron chi connectivity index (χ0n) is 8.49. The summed E-state index contributed by atoms with van der Waals surface area (Å²) in [6, 6.07) is 9.92. The van der Waals surface area contributed by atoms with Gasteiger partial charge in [-0.25, -0.2) is 0 Å². The summed E-state index contributed by atoms with van der Waals surface area (Å²) >= 11 is 0. The second-order valence-electron chi connectivity index (χ2n) is 4.45. The molecule has 2 rings (SSSR count). The highest BCUT2D eigenvalue weighted by molar-refractivity contribution is 5.73. The second kappa shape index (κ2) is 3.12. The van der Waals surface area contributed by atoms with Gasteiger partial charge in [-0.05, 0) is 5.56 Å². The van der Waals surface area contributed by atoms with Gasteiger partial charge in [0.05, 0.1) is 6.42 Å². The topological polar surface area (TPSA) is 26.3 Å². The molecule has 1 aromatic rings. The molecule has 0 N–H and O–H groups in total. The van der Waals surface area contributed by atoms with E-state index in [2.05, 4.69) is 13.8 Å². The van der Waals surface area contributed by atoms with Gasteiger partial charge in [0, 0.05) is 5.41 Å². The zero-order chi connectivity index (χ0) is 10.2. The van der Waals surface area contributed by atoms with Crippen LogP contribution < -0.4 is 0 Å². The average Bonchev–Trinajstić information content (AvgIpc) is 2.41. The fourth-order valence-corrected chi connectivity index (χ4v) is 1.94. The highest BCUT2D eigenvalue weighted by atomic mass is 16.6. The van der Waals surface area contributed by atoms with Crippen LogP contribution in [0.1, 0.15) is 31.9 Å². The summed E-state index contributed by atoms with van der Waals surface area (Å²) in [6.45, 7) is 4.13. The monoisotopic (exact) mass is 190 g/mol. The molecule has 1 fully saturated rings. The third-order valence-electron chi connectivity index (χ3n) is 2.66. The van der Waals surface area contributed by atoms with Crippen molar-refractivity contribution in [2.45, 2.75) is 26.4 Å². The second-order valence-corrected chi connectivity index (χ2v) is 4.45. The molecule has 1 saturated heterocycles. The Morgan fingerprint density at radius 2 is 1.93 bits per heavy atom. The van der Waals surface area contributed by atoms with E-state index in [1.165, 1.54) is 0 Å². The average molecular weight is 190 g/mol. The van der Waals surface area contributed by atoms with E-state index in [0.717, 1.165) is 5.56 Å². The molecule has 0 radical (unpaired) electrons. The number of hydrogen-bond acceptors (Lipinski definition) is 2. The molecule has 74 valence electrons. The smallest absolute Gasteiger partial charge is 0.307 e. The first kappa shape index (κ1) is 9.25. The van der Waals surface area contributed by atoms with E-state index in [9.17, 15) is 4.79 Å². The minimum absolute atomic E-state index is 0.0849. The molecule has 1 aliphatic heterocycles. The Hall–Kier alpha value is -1.31. The Morgan fingerprint density at radius 1 is 1.29 bits per heavy atom. The lowest BCUT2D eigenvalue weighted by atomic mass is 9.82. The minimum atomic E-state index is -0.0937. The van der Waals surface area contributed by atoms with Crippen molar-refractivity contribution in [3.63, 3.8) is 0 Å². The third kappa shape index (κ3) is 1.52. The standard InChI is InChI=1S/C12H14O2/c1-12(2)8-10(13)14-11(12)9-6-4-3-5-7-9/h3-7,11H,8H2,1-2H3/t11-/m1/s1. The quantitative estimate of drug-likeness (QED) is 0.636.